The lowest BCUT2D eigenvalue weighted by Crippen LogP contribution is -2.34. The average Bonchev–Trinajstić information content (AvgIpc) is 3.27. The summed E-state index contributed by atoms with van der Waals surface area (Å²) in [6, 6.07) is 8.84. The molecular formula is C18H28N2O. The van der Waals surface area contributed by atoms with Gasteiger partial charge >= 0.3 is 0 Å². The second-order valence-electron chi connectivity index (χ2n) is 6.64. The summed E-state index contributed by atoms with van der Waals surface area (Å²) < 4.78 is 5.82. The van der Waals surface area contributed by atoms with Crippen LogP contribution < -0.4 is 16.0 Å². The van der Waals surface area contributed by atoms with E-state index in [2.05, 4.69) is 29.7 Å². The summed E-state index contributed by atoms with van der Waals surface area (Å²) in [5.41, 5.74) is 4.37. The normalized spacial score (nSPS) is 22.3. The molecule has 21 heavy (non-hydrogen) atoms. The molecule has 3 rings (SSSR count). The van der Waals surface area contributed by atoms with Crippen LogP contribution in [0.2, 0.25) is 0 Å². The van der Waals surface area contributed by atoms with E-state index in [1.165, 1.54) is 63.4 Å². The number of benzene rings is 1. The zero-order valence-electron chi connectivity index (χ0n) is 12.9. The van der Waals surface area contributed by atoms with Crippen LogP contribution in [0.15, 0.2) is 24.3 Å². The van der Waals surface area contributed by atoms with Gasteiger partial charge in [0.1, 0.15) is 5.75 Å². The van der Waals surface area contributed by atoms with Gasteiger partial charge in [-0.1, -0.05) is 44.2 Å². The highest BCUT2D eigenvalue weighted by atomic mass is 16.5. The van der Waals surface area contributed by atoms with Crippen LogP contribution in [0.4, 0.5) is 0 Å². The third kappa shape index (κ3) is 4.21. The molecule has 2 aliphatic rings. The van der Waals surface area contributed by atoms with Crippen molar-refractivity contribution < 1.29 is 4.74 Å². The predicted molar refractivity (Wildman–Crippen MR) is 86.0 cm³/mol. The van der Waals surface area contributed by atoms with Gasteiger partial charge in [-0.25, -0.2) is 0 Å². The maximum atomic E-state index is 5.87. The highest BCUT2D eigenvalue weighted by molar-refractivity contribution is 5.30. The minimum absolute atomic E-state index is 0.276. The second-order valence-corrected chi connectivity index (χ2v) is 6.64. The molecule has 0 heterocycles. The highest BCUT2D eigenvalue weighted by Gasteiger charge is 2.25. The van der Waals surface area contributed by atoms with E-state index in [1.54, 1.807) is 0 Å². The molecule has 0 saturated heterocycles. The van der Waals surface area contributed by atoms with Gasteiger partial charge in [-0.2, -0.15) is 0 Å². The first-order chi connectivity index (χ1) is 10.4. The van der Waals surface area contributed by atoms with Crippen LogP contribution >= 0.6 is 0 Å². The number of hydrazine groups is 1. The number of hydrogen-bond acceptors (Lipinski definition) is 3. The zero-order valence-corrected chi connectivity index (χ0v) is 12.9. The van der Waals surface area contributed by atoms with Gasteiger partial charge in [-0.05, 0) is 49.3 Å². The van der Waals surface area contributed by atoms with Gasteiger partial charge in [0.25, 0.3) is 0 Å². The van der Waals surface area contributed by atoms with E-state index in [-0.39, 0.29) is 6.04 Å². The molecule has 0 amide bonds. The summed E-state index contributed by atoms with van der Waals surface area (Å²) in [4.78, 5) is 0. The summed E-state index contributed by atoms with van der Waals surface area (Å²) in [5, 5.41) is 0. The Labute approximate surface area is 128 Å². The molecule has 1 unspecified atom stereocenters. The molecule has 0 aromatic heterocycles. The van der Waals surface area contributed by atoms with Crippen LogP contribution in [0, 0.1) is 5.92 Å². The van der Waals surface area contributed by atoms with Crippen LogP contribution in [0.5, 0.6) is 5.75 Å². The highest BCUT2D eigenvalue weighted by Crippen LogP contribution is 2.34. The zero-order chi connectivity index (χ0) is 14.5. The molecule has 3 N–H and O–H groups in total. The molecular weight excluding hydrogens is 260 g/mol. The van der Waals surface area contributed by atoms with Crippen molar-refractivity contribution in [2.45, 2.75) is 69.9 Å². The van der Waals surface area contributed by atoms with Gasteiger partial charge < -0.3 is 4.74 Å². The van der Waals surface area contributed by atoms with Crippen LogP contribution in [0.25, 0.3) is 0 Å². The predicted octanol–water partition coefficient (Wildman–Crippen LogP) is 4.09. The molecule has 3 nitrogen and oxygen atoms in total. The summed E-state index contributed by atoms with van der Waals surface area (Å²) in [5.74, 6) is 7.53. The van der Waals surface area contributed by atoms with Crippen molar-refractivity contribution in [3.8, 4) is 5.75 Å². The fraction of sp³-hybridized carbons (Fsp3) is 0.667. The Balaban J connectivity index is 1.65. The smallest absolute Gasteiger partial charge is 0.119 e. The Morgan fingerprint density at radius 2 is 1.52 bits per heavy atom. The van der Waals surface area contributed by atoms with Gasteiger partial charge in [0.15, 0.2) is 0 Å². The number of nitrogens with one attached hydrogen (secondary N) is 1. The standard InChI is InChI=1S/C18H28N2O/c19-20-18(14-6-4-2-1-3-5-7-14)15-8-10-16(11-9-15)21-17-12-13-17/h8-11,14,17-18,20H,1-7,12-13,19H2. The Morgan fingerprint density at radius 3 is 2.10 bits per heavy atom. The molecule has 2 aliphatic carbocycles. The van der Waals surface area contributed by atoms with Crippen LogP contribution in [0.3, 0.4) is 0 Å². The van der Waals surface area contributed by atoms with Crippen molar-refractivity contribution in [3.63, 3.8) is 0 Å². The Kier molecular flexibility index (Phi) is 5.15. The largest absolute Gasteiger partial charge is 0.490 e. The second kappa shape index (κ2) is 7.28. The van der Waals surface area contributed by atoms with E-state index in [9.17, 15) is 0 Å². The molecule has 0 spiro atoms. The van der Waals surface area contributed by atoms with Crippen LogP contribution in [-0.4, -0.2) is 6.10 Å². The van der Waals surface area contributed by atoms with Gasteiger partial charge in [-0.3, -0.25) is 11.3 Å². The summed E-state index contributed by atoms with van der Waals surface area (Å²) in [6.07, 6.45) is 12.3. The Hall–Kier alpha value is -1.06. The summed E-state index contributed by atoms with van der Waals surface area (Å²) in [7, 11) is 0. The van der Waals surface area contributed by atoms with E-state index >= 15 is 0 Å². The lowest BCUT2D eigenvalue weighted by atomic mass is 9.83. The van der Waals surface area contributed by atoms with Crippen molar-refractivity contribution >= 4 is 0 Å². The SMILES string of the molecule is NNC(c1ccc(OC2CC2)cc1)C1CCCCCCC1. The number of hydrogen-bond donors (Lipinski definition) is 2. The van der Waals surface area contributed by atoms with E-state index < -0.39 is 0 Å². The molecule has 0 aliphatic heterocycles. The van der Waals surface area contributed by atoms with Crippen molar-refractivity contribution in [2.75, 3.05) is 0 Å². The maximum absolute atomic E-state index is 5.87. The van der Waals surface area contributed by atoms with Crippen molar-refractivity contribution in [1.82, 2.24) is 5.43 Å². The van der Waals surface area contributed by atoms with Crippen molar-refractivity contribution in [1.29, 1.82) is 0 Å². The maximum Gasteiger partial charge on any atom is 0.119 e. The molecule has 2 fully saturated rings. The topological polar surface area (TPSA) is 47.3 Å². The lowest BCUT2D eigenvalue weighted by Gasteiger charge is -2.28. The molecule has 3 heteroatoms. The third-order valence-electron chi connectivity index (χ3n) is 4.87. The van der Waals surface area contributed by atoms with Crippen molar-refractivity contribution in [2.24, 2.45) is 11.8 Å². The minimum atomic E-state index is 0.276. The van der Waals surface area contributed by atoms with Crippen LogP contribution in [-0.2, 0) is 0 Å². The van der Waals surface area contributed by atoms with Gasteiger partial charge in [0.2, 0.25) is 0 Å². The molecule has 1 aromatic carbocycles. The number of ether oxygens (including phenoxy) is 1. The molecule has 0 bridgehead atoms. The monoisotopic (exact) mass is 288 g/mol. The van der Waals surface area contributed by atoms with Crippen molar-refractivity contribution in [3.05, 3.63) is 29.8 Å². The number of rotatable bonds is 5. The Morgan fingerprint density at radius 1 is 0.905 bits per heavy atom. The quantitative estimate of drug-likeness (QED) is 0.633. The first kappa shape index (κ1) is 14.9. The summed E-state index contributed by atoms with van der Waals surface area (Å²) >= 11 is 0. The fourth-order valence-electron chi connectivity index (χ4n) is 3.46. The fourth-order valence-corrected chi connectivity index (χ4v) is 3.46. The molecule has 0 radical (unpaired) electrons. The lowest BCUT2D eigenvalue weighted by molar-refractivity contribution is 0.289. The van der Waals surface area contributed by atoms with E-state index in [4.69, 9.17) is 10.6 Å². The van der Waals surface area contributed by atoms with E-state index in [0.29, 0.717) is 12.0 Å². The van der Waals surface area contributed by atoms with Gasteiger partial charge in [-0.15, -0.1) is 0 Å². The molecule has 2 saturated carbocycles. The number of nitrogens with two attached hydrogens (primary N) is 1. The average molecular weight is 288 g/mol. The third-order valence-corrected chi connectivity index (χ3v) is 4.87. The molecule has 1 aromatic rings. The first-order valence-corrected chi connectivity index (χ1v) is 8.59. The first-order valence-electron chi connectivity index (χ1n) is 8.59. The Bertz CT molecular complexity index is 419. The minimum Gasteiger partial charge on any atom is -0.490 e. The molecule has 1 atom stereocenters. The van der Waals surface area contributed by atoms with E-state index in [0.717, 1.165) is 5.75 Å². The van der Waals surface area contributed by atoms with Gasteiger partial charge in [0.05, 0.1) is 6.10 Å². The van der Waals surface area contributed by atoms with Crippen LogP contribution in [0.1, 0.15) is 69.4 Å². The van der Waals surface area contributed by atoms with E-state index in [1.807, 2.05) is 0 Å². The molecule has 116 valence electrons. The van der Waals surface area contributed by atoms with Gasteiger partial charge in [0, 0.05) is 6.04 Å². The summed E-state index contributed by atoms with van der Waals surface area (Å²) in [6.45, 7) is 0.